The third kappa shape index (κ3) is 4.36. The van der Waals surface area contributed by atoms with Crippen molar-refractivity contribution in [2.45, 2.75) is 0 Å². The van der Waals surface area contributed by atoms with Crippen LogP contribution < -0.4 is 4.90 Å². The molecule has 0 aromatic heterocycles. The summed E-state index contributed by atoms with van der Waals surface area (Å²) in [7, 11) is -1.22. The summed E-state index contributed by atoms with van der Waals surface area (Å²) in [6, 6.07) is 7.43. The lowest BCUT2D eigenvalue weighted by molar-refractivity contribution is 0.601. The van der Waals surface area contributed by atoms with Crippen molar-refractivity contribution in [3.05, 3.63) is 28.2 Å². The highest BCUT2D eigenvalue weighted by atomic mass is 79.9. The van der Waals surface area contributed by atoms with Gasteiger partial charge in [-0.3, -0.25) is 0 Å². The fraction of sp³-hybridized carbons (Fsp3) is 0.364. The third-order valence-electron chi connectivity index (χ3n) is 2.29. The lowest BCUT2D eigenvalue weighted by Gasteiger charge is -2.20. The van der Waals surface area contributed by atoms with Crippen molar-refractivity contribution < 1.29 is 8.42 Å². The molecule has 0 saturated carbocycles. The van der Waals surface area contributed by atoms with Gasteiger partial charge in [0.25, 0.3) is 0 Å². The quantitative estimate of drug-likeness (QED) is 0.849. The van der Waals surface area contributed by atoms with E-state index in [1.54, 1.807) is 24.1 Å². The summed E-state index contributed by atoms with van der Waals surface area (Å²) in [4.78, 5) is 1.77. The molecule has 0 radical (unpaired) electrons. The van der Waals surface area contributed by atoms with Crippen LogP contribution in [-0.2, 0) is 9.84 Å². The van der Waals surface area contributed by atoms with Gasteiger partial charge in [-0.2, -0.15) is 5.26 Å². The molecule has 0 spiro atoms. The number of hydrogen-bond acceptors (Lipinski definition) is 4. The van der Waals surface area contributed by atoms with Crippen LogP contribution in [0, 0.1) is 11.3 Å². The van der Waals surface area contributed by atoms with E-state index in [4.69, 9.17) is 5.26 Å². The molecular formula is C11H13BrN2O2S. The van der Waals surface area contributed by atoms with Crippen LogP contribution in [0.2, 0.25) is 0 Å². The molecule has 0 unspecified atom stereocenters. The Kier molecular flexibility index (Phi) is 4.54. The summed E-state index contributed by atoms with van der Waals surface area (Å²) < 4.78 is 23.0. The van der Waals surface area contributed by atoms with Crippen LogP contribution in [0.1, 0.15) is 5.56 Å². The topological polar surface area (TPSA) is 61.2 Å². The van der Waals surface area contributed by atoms with Crippen molar-refractivity contribution in [2.24, 2.45) is 0 Å². The zero-order valence-electron chi connectivity index (χ0n) is 9.64. The van der Waals surface area contributed by atoms with Crippen LogP contribution in [0.15, 0.2) is 22.7 Å². The molecule has 0 saturated heterocycles. The molecule has 6 heteroatoms. The molecule has 0 atom stereocenters. The Morgan fingerprint density at radius 2 is 2.12 bits per heavy atom. The predicted octanol–water partition coefficient (Wildman–Crippen LogP) is 1.80. The molecule has 92 valence electrons. The van der Waals surface area contributed by atoms with Gasteiger partial charge in [0.15, 0.2) is 0 Å². The van der Waals surface area contributed by atoms with Gasteiger partial charge in [0.2, 0.25) is 0 Å². The highest BCUT2D eigenvalue weighted by Crippen LogP contribution is 2.22. The zero-order valence-corrected chi connectivity index (χ0v) is 12.0. The minimum atomic E-state index is -2.99. The second kappa shape index (κ2) is 5.52. The van der Waals surface area contributed by atoms with Crippen LogP contribution in [0.3, 0.4) is 0 Å². The standard InChI is InChI=1S/C11H13BrN2O2S/c1-14(5-6-17(2,15)16)11-4-3-10(12)7-9(11)8-13/h3-4,7H,5-6H2,1-2H3. The first-order chi connectivity index (χ1) is 7.83. The number of nitriles is 1. The Labute approximate surface area is 110 Å². The maximum Gasteiger partial charge on any atom is 0.149 e. The van der Waals surface area contributed by atoms with Gasteiger partial charge in [0.1, 0.15) is 15.9 Å². The van der Waals surface area contributed by atoms with Crippen molar-refractivity contribution >= 4 is 31.5 Å². The highest BCUT2D eigenvalue weighted by molar-refractivity contribution is 9.10. The minimum Gasteiger partial charge on any atom is -0.373 e. The molecule has 0 amide bonds. The number of halogens is 1. The highest BCUT2D eigenvalue weighted by Gasteiger charge is 2.10. The van der Waals surface area contributed by atoms with Crippen molar-refractivity contribution in [1.29, 1.82) is 5.26 Å². The summed E-state index contributed by atoms with van der Waals surface area (Å²) in [6.07, 6.45) is 1.20. The molecule has 0 heterocycles. The lowest BCUT2D eigenvalue weighted by Crippen LogP contribution is -2.25. The molecule has 1 rings (SSSR count). The zero-order chi connectivity index (χ0) is 13.1. The summed E-state index contributed by atoms with van der Waals surface area (Å²) in [5.74, 6) is 0.0738. The Morgan fingerprint density at radius 1 is 1.47 bits per heavy atom. The molecule has 0 aliphatic heterocycles. The second-order valence-electron chi connectivity index (χ2n) is 3.82. The molecule has 0 bridgehead atoms. The molecule has 17 heavy (non-hydrogen) atoms. The predicted molar refractivity (Wildman–Crippen MR) is 71.8 cm³/mol. The van der Waals surface area contributed by atoms with Gasteiger partial charge < -0.3 is 4.90 Å². The van der Waals surface area contributed by atoms with Gasteiger partial charge >= 0.3 is 0 Å². The van der Waals surface area contributed by atoms with E-state index in [2.05, 4.69) is 22.0 Å². The van der Waals surface area contributed by atoms with Crippen molar-refractivity contribution in [1.82, 2.24) is 0 Å². The van der Waals surface area contributed by atoms with Crippen LogP contribution >= 0.6 is 15.9 Å². The molecule has 1 aromatic carbocycles. The van der Waals surface area contributed by atoms with Crippen molar-refractivity contribution in [2.75, 3.05) is 30.5 Å². The Balaban J connectivity index is 2.90. The molecule has 0 aliphatic rings. The van der Waals surface area contributed by atoms with Gasteiger partial charge in [0.05, 0.1) is 17.0 Å². The molecule has 4 nitrogen and oxygen atoms in total. The average molecular weight is 317 g/mol. The summed E-state index contributed by atoms with van der Waals surface area (Å²) in [5, 5.41) is 9.00. The number of anilines is 1. The third-order valence-corrected chi connectivity index (χ3v) is 3.71. The van der Waals surface area contributed by atoms with Gasteiger partial charge in [-0.15, -0.1) is 0 Å². The van der Waals surface area contributed by atoms with Gasteiger partial charge in [-0.05, 0) is 18.2 Å². The molecule has 1 aromatic rings. The van der Waals surface area contributed by atoms with Gasteiger partial charge in [0, 0.05) is 24.3 Å². The first kappa shape index (κ1) is 14.0. The Hall–Kier alpha value is -1.06. The van der Waals surface area contributed by atoms with Crippen LogP contribution in [0.4, 0.5) is 5.69 Å². The SMILES string of the molecule is CN(CCS(C)(=O)=O)c1ccc(Br)cc1C#N. The largest absolute Gasteiger partial charge is 0.373 e. The van der Waals surface area contributed by atoms with Crippen molar-refractivity contribution in [3.63, 3.8) is 0 Å². The Bertz CT molecular complexity index is 549. The fourth-order valence-corrected chi connectivity index (χ4v) is 2.32. The fourth-order valence-electron chi connectivity index (χ4n) is 1.35. The maximum atomic E-state index is 11.1. The van der Waals surface area contributed by atoms with Gasteiger partial charge in [-0.1, -0.05) is 15.9 Å². The number of nitrogens with zero attached hydrogens (tertiary/aromatic N) is 2. The van der Waals surface area contributed by atoms with Crippen LogP contribution in [0.25, 0.3) is 0 Å². The monoisotopic (exact) mass is 316 g/mol. The smallest absolute Gasteiger partial charge is 0.149 e. The first-order valence-corrected chi connectivity index (χ1v) is 7.77. The minimum absolute atomic E-state index is 0.0738. The van der Waals surface area contributed by atoms with E-state index >= 15 is 0 Å². The van der Waals surface area contributed by atoms with Crippen LogP contribution in [-0.4, -0.2) is 34.0 Å². The Morgan fingerprint density at radius 3 is 2.65 bits per heavy atom. The molecule has 0 N–H and O–H groups in total. The normalized spacial score (nSPS) is 10.9. The van der Waals surface area contributed by atoms with E-state index in [1.807, 2.05) is 6.07 Å². The lowest BCUT2D eigenvalue weighted by atomic mass is 10.2. The van der Waals surface area contributed by atoms with Crippen molar-refractivity contribution in [3.8, 4) is 6.07 Å². The van der Waals surface area contributed by atoms with E-state index in [9.17, 15) is 8.42 Å². The van der Waals surface area contributed by atoms with Gasteiger partial charge in [-0.25, -0.2) is 8.42 Å². The average Bonchev–Trinajstić information content (AvgIpc) is 2.24. The summed E-state index contributed by atoms with van der Waals surface area (Å²) in [6.45, 7) is 0.370. The number of benzene rings is 1. The maximum absolute atomic E-state index is 11.1. The van der Waals surface area contributed by atoms with E-state index in [0.717, 1.165) is 10.2 Å². The van der Waals surface area contributed by atoms with E-state index in [0.29, 0.717) is 12.1 Å². The molecular weight excluding hydrogens is 304 g/mol. The summed E-state index contributed by atoms with van der Waals surface area (Å²) in [5.41, 5.74) is 1.26. The number of rotatable bonds is 4. The second-order valence-corrected chi connectivity index (χ2v) is 7.00. The van der Waals surface area contributed by atoms with E-state index < -0.39 is 9.84 Å². The summed E-state index contributed by atoms with van der Waals surface area (Å²) >= 11 is 3.29. The first-order valence-electron chi connectivity index (χ1n) is 4.92. The molecule has 0 aliphatic carbocycles. The number of sulfone groups is 1. The van der Waals surface area contributed by atoms with Crippen LogP contribution in [0.5, 0.6) is 0 Å². The van der Waals surface area contributed by atoms with E-state index in [1.165, 1.54) is 6.26 Å². The number of hydrogen-bond donors (Lipinski definition) is 0. The van der Waals surface area contributed by atoms with E-state index in [-0.39, 0.29) is 5.75 Å². The molecule has 0 fully saturated rings.